The predicted octanol–water partition coefficient (Wildman–Crippen LogP) is 4.01. The summed E-state index contributed by atoms with van der Waals surface area (Å²) < 4.78 is 28.8. The van der Waals surface area contributed by atoms with Crippen molar-refractivity contribution < 1.29 is 8.42 Å². The molecule has 1 N–H and O–H groups in total. The molecule has 1 unspecified atom stereocenters. The van der Waals surface area contributed by atoms with E-state index in [1.165, 1.54) is 9.35 Å². The van der Waals surface area contributed by atoms with Crippen LogP contribution in [0.1, 0.15) is 23.3 Å². The zero-order valence-electron chi connectivity index (χ0n) is 14.2. The number of thiophene rings is 1. The second-order valence-electron chi connectivity index (χ2n) is 6.60. The lowest BCUT2D eigenvalue weighted by Crippen LogP contribution is -2.40. The van der Waals surface area contributed by atoms with Crippen molar-refractivity contribution in [2.75, 3.05) is 19.6 Å². The first kappa shape index (κ1) is 19.0. The third kappa shape index (κ3) is 5.14. The number of benzene rings is 1. The molecular formula is C18H23BrN2O2S2. The fourth-order valence-electron chi connectivity index (χ4n) is 3.13. The molecule has 0 amide bonds. The zero-order valence-corrected chi connectivity index (χ0v) is 17.5. The van der Waals surface area contributed by atoms with Crippen molar-refractivity contribution >= 4 is 37.3 Å². The molecule has 25 heavy (non-hydrogen) atoms. The Morgan fingerprint density at radius 3 is 2.72 bits per heavy atom. The van der Waals surface area contributed by atoms with Crippen LogP contribution in [0.2, 0.25) is 0 Å². The van der Waals surface area contributed by atoms with Crippen LogP contribution in [0.5, 0.6) is 0 Å². The summed E-state index contributed by atoms with van der Waals surface area (Å²) in [5, 5.41) is 2.09. The fourth-order valence-corrected chi connectivity index (χ4v) is 5.77. The molecule has 1 aromatic carbocycles. The topological polar surface area (TPSA) is 49.4 Å². The van der Waals surface area contributed by atoms with Gasteiger partial charge in [0.05, 0.1) is 4.90 Å². The predicted molar refractivity (Wildman–Crippen MR) is 106 cm³/mol. The second kappa shape index (κ2) is 8.31. The summed E-state index contributed by atoms with van der Waals surface area (Å²) in [6.07, 6.45) is 2.18. The molecule has 0 spiro atoms. The van der Waals surface area contributed by atoms with Crippen LogP contribution in [-0.4, -0.2) is 33.0 Å². The van der Waals surface area contributed by atoms with Crippen molar-refractivity contribution in [2.45, 2.75) is 31.2 Å². The first-order valence-corrected chi connectivity index (χ1v) is 11.6. The van der Waals surface area contributed by atoms with Gasteiger partial charge in [0.2, 0.25) is 10.0 Å². The van der Waals surface area contributed by atoms with Gasteiger partial charge in [-0.15, -0.1) is 11.3 Å². The minimum absolute atomic E-state index is 0.341. The molecule has 2 heterocycles. The van der Waals surface area contributed by atoms with Crippen LogP contribution in [0.25, 0.3) is 0 Å². The summed E-state index contributed by atoms with van der Waals surface area (Å²) >= 11 is 5.35. The largest absolute Gasteiger partial charge is 0.298 e. The van der Waals surface area contributed by atoms with Gasteiger partial charge in [0.15, 0.2) is 0 Å². The van der Waals surface area contributed by atoms with Crippen molar-refractivity contribution in [3.05, 3.63) is 50.6 Å². The van der Waals surface area contributed by atoms with Crippen molar-refractivity contribution in [3.8, 4) is 0 Å². The lowest BCUT2D eigenvalue weighted by atomic mass is 9.98. The van der Waals surface area contributed by atoms with Gasteiger partial charge in [-0.1, -0.05) is 17.7 Å². The van der Waals surface area contributed by atoms with Crippen LogP contribution in [0.15, 0.2) is 45.1 Å². The standard InChI is InChI=1S/C18H23BrN2O2S2/c1-14-4-6-16(7-5-14)25(22,23)20-11-15-3-2-9-21(12-15)13-18-17(19)8-10-24-18/h4-8,10,15,20H,2-3,9,11-13H2,1H3. The Morgan fingerprint density at radius 2 is 2.04 bits per heavy atom. The van der Waals surface area contributed by atoms with Crippen molar-refractivity contribution in [2.24, 2.45) is 5.92 Å². The maximum absolute atomic E-state index is 12.4. The van der Waals surface area contributed by atoms with Gasteiger partial charge in [-0.05, 0) is 71.7 Å². The maximum atomic E-state index is 12.4. The number of rotatable bonds is 6. The number of nitrogens with one attached hydrogen (secondary N) is 1. The summed E-state index contributed by atoms with van der Waals surface area (Å²) in [6.45, 7) is 5.39. The highest BCUT2D eigenvalue weighted by atomic mass is 79.9. The Hall–Kier alpha value is -0.730. The maximum Gasteiger partial charge on any atom is 0.240 e. The first-order valence-electron chi connectivity index (χ1n) is 8.44. The third-order valence-electron chi connectivity index (χ3n) is 4.55. The van der Waals surface area contributed by atoms with Crippen LogP contribution in [0, 0.1) is 12.8 Å². The number of halogens is 1. The summed E-state index contributed by atoms with van der Waals surface area (Å²) in [6, 6.07) is 9.07. The van der Waals surface area contributed by atoms with Gasteiger partial charge in [0.1, 0.15) is 0 Å². The number of sulfonamides is 1. The molecule has 7 heteroatoms. The van der Waals surface area contributed by atoms with Gasteiger partial charge < -0.3 is 0 Å². The van der Waals surface area contributed by atoms with Gasteiger partial charge in [-0.25, -0.2) is 13.1 Å². The molecule has 4 nitrogen and oxygen atoms in total. The molecule has 1 atom stereocenters. The molecule has 1 saturated heterocycles. The van der Waals surface area contributed by atoms with E-state index in [0.717, 1.165) is 38.0 Å². The average molecular weight is 443 g/mol. The highest BCUT2D eigenvalue weighted by Gasteiger charge is 2.23. The molecular weight excluding hydrogens is 420 g/mol. The molecule has 1 aliphatic rings. The van der Waals surface area contributed by atoms with Crippen molar-refractivity contribution in [1.82, 2.24) is 9.62 Å². The molecule has 1 aromatic heterocycles. The molecule has 3 rings (SSSR count). The molecule has 0 aliphatic carbocycles. The SMILES string of the molecule is Cc1ccc(S(=O)(=O)NCC2CCCN(Cc3sccc3Br)C2)cc1. The number of hydrogen-bond acceptors (Lipinski definition) is 4. The normalized spacial score (nSPS) is 19.2. The van der Waals surface area contributed by atoms with E-state index in [9.17, 15) is 8.42 Å². The van der Waals surface area contributed by atoms with E-state index >= 15 is 0 Å². The lowest BCUT2D eigenvalue weighted by Gasteiger charge is -2.32. The highest BCUT2D eigenvalue weighted by Crippen LogP contribution is 2.26. The van der Waals surface area contributed by atoms with Gasteiger partial charge in [-0.2, -0.15) is 0 Å². The van der Waals surface area contributed by atoms with Crippen molar-refractivity contribution in [3.63, 3.8) is 0 Å². The number of hydrogen-bond donors (Lipinski definition) is 1. The Bertz CT molecular complexity index is 803. The minimum Gasteiger partial charge on any atom is -0.298 e. The smallest absolute Gasteiger partial charge is 0.240 e. The molecule has 0 bridgehead atoms. The van der Waals surface area contributed by atoms with Crippen LogP contribution in [0.4, 0.5) is 0 Å². The molecule has 2 aromatic rings. The van der Waals surface area contributed by atoms with Crippen LogP contribution >= 0.6 is 27.3 Å². The molecule has 136 valence electrons. The van der Waals surface area contributed by atoms with Gasteiger partial charge in [-0.3, -0.25) is 4.90 Å². The zero-order chi connectivity index (χ0) is 17.9. The van der Waals surface area contributed by atoms with E-state index in [1.54, 1.807) is 23.5 Å². The monoisotopic (exact) mass is 442 g/mol. The van der Waals surface area contributed by atoms with Crippen LogP contribution in [0.3, 0.4) is 0 Å². The number of aryl methyl sites for hydroxylation is 1. The van der Waals surface area contributed by atoms with Crippen LogP contribution < -0.4 is 4.72 Å². The summed E-state index contributed by atoms with van der Waals surface area (Å²) in [5.74, 6) is 0.354. The highest BCUT2D eigenvalue weighted by molar-refractivity contribution is 9.10. The Morgan fingerprint density at radius 1 is 1.28 bits per heavy atom. The molecule has 0 saturated carbocycles. The van der Waals surface area contributed by atoms with Gasteiger partial charge in [0.25, 0.3) is 0 Å². The number of nitrogens with zero attached hydrogens (tertiary/aromatic N) is 1. The summed E-state index contributed by atoms with van der Waals surface area (Å²) in [5.41, 5.74) is 1.06. The minimum atomic E-state index is -3.42. The first-order chi connectivity index (χ1) is 11.9. The Labute approximate surface area is 162 Å². The molecule has 0 radical (unpaired) electrons. The lowest BCUT2D eigenvalue weighted by molar-refractivity contribution is 0.170. The average Bonchev–Trinajstić information content (AvgIpc) is 2.99. The molecule has 1 fully saturated rings. The third-order valence-corrected chi connectivity index (χ3v) is 7.91. The fraction of sp³-hybridized carbons (Fsp3) is 0.444. The Kier molecular flexibility index (Phi) is 6.33. The van der Waals surface area contributed by atoms with E-state index in [0.29, 0.717) is 17.4 Å². The van der Waals surface area contributed by atoms with E-state index in [4.69, 9.17) is 0 Å². The number of piperidine rings is 1. The van der Waals surface area contributed by atoms with E-state index in [2.05, 4.69) is 37.0 Å². The second-order valence-corrected chi connectivity index (χ2v) is 10.2. The van der Waals surface area contributed by atoms with E-state index < -0.39 is 10.0 Å². The summed E-state index contributed by atoms with van der Waals surface area (Å²) in [4.78, 5) is 4.10. The van der Waals surface area contributed by atoms with Gasteiger partial charge >= 0.3 is 0 Å². The summed E-state index contributed by atoms with van der Waals surface area (Å²) in [7, 11) is -3.42. The number of likely N-dealkylation sites (tertiary alicyclic amines) is 1. The van der Waals surface area contributed by atoms with Crippen LogP contribution in [-0.2, 0) is 16.6 Å². The Balaban J connectivity index is 1.55. The van der Waals surface area contributed by atoms with E-state index in [-0.39, 0.29) is 0 Å². The quantitative estimate of drug-likeness (QED) is 0.734. The van der Waals surface area contributed by atoms with Gasteiger partial charge in [0, 0.05) is 29.0 Å². The van der Waals surface area contributed by atoms with Crippen molar-refractivity contribution in [1.29, 1.82) is 0 Å². The van der Waals surface area contributed by atoms with E-state index in [1.807, 2.05) is 19.1 Å². The molecule has 1 aliphatic heterocycles.